The van der Waals surface area contributed by atoms with Gasteiger partial charge in [-0.3, -0.25) is 9.69 Å². The second-order valence-corrected chi connectivity index (χ2v) is 8.32. The van der Waals surface area contributed by atoms with Crippen molar-refractivity contribution < 1.29 is 40.7 Å². The van der Waals surface area contributed by atoms with E-state index in [1.165, 1.54) is 37.9 Å². The molecule has 2 N–H and O–H groups in total. The summed E-state index contributed by atoms with van der Waals surface area (Å²) in [5, 5.41) is 4.92. The van der Waals surface area contributed by atoms with Crippen LogP contribution in [-0.4, -0.2) is 39.5 Å². The van der Waals surface area contributed by atoms with E-state index in [1.54, 1.807) is 0 Å². The molecule has 0 spiro atoms. The Kier molecular flexibility index (Phi) is 6.86. The first-order valence-electron chi connectivity index (χ1n) is 10.8. The lowest BCUT2D eigenvalue weighted by Crippen LogP contribution is -2.50. The smallest absolute Gasteiger partial charge is 0.407 e. The van der Waals surface area contributed by atoms with Crippen molar-refractivity contribution in [2.24, 2.45) is 0 Å². The molecule has 1 aliphatic carbocycles. The third kappa shape index (κ3) is 5.92. The first kappa shape index (κ1) is 26.6. The molecule has 0 radical (unpaired) electrons. The summed E-state index contributed by atoms with van der Waals surface area (Å²) in [6, 6.07) is 3.87. The molecule has 2 heterocycles. The maximum Gasteiger partial charge on any atom is 0.418 e. The Bertz CT molecular complexity index is 1330. The van der Waals surface area contributed by atoms with Gasteiger partial charge >= 0.3 is 18.4 Å². The summed E-state index contributed by atoms with van der Waals surface area (Å²) < 4.78 is 83.9. The number of pyridine rings is 1. The number of nitrogens with one attached hydrogen (secondary N) is 2. The van der Waals surface area contributed by atoms with Crippen LogP contribution >= 0.6 is 0 Å². The molecule has 2 amide bonds. The second-order valence-electron chi connectivity index (χ2n) is 8.32. The van der Waals surface area contributed by atoms with E-state index in [2.05, 4.69) is 25.6 Å². The molecule has 1 fully saturated rings. The van der Waals surface area contributed by atoms with E-state index >= 15 is 0 Å². The molecular weight excluding hydrogens is 522 g/mol. The van der Waals surface area contributed by atoms with Crippen LogP contribution in [0.1, 0.15) is 24.0 Å². The van der Waals surface area contributed by atoms with E-state index in [-0.39, 0.29) is 23.3 Å². The number of rotatable bonds is 6. The van der Waals surface area contributed by atoms with Crippen molar-refractivity contribution in [2.75, 3.05) is 17.3 Å². The fourth-order valence-corrected chi connectivity index (χ4v) is 3.49. The molecule has 0 bridgehead atoms. The maximum atomic E-state index is 13.4. The van der Waals surface area contributed by atoms with Gasteiger partial charge in [0.1, 0.15) is 17.7 Å². The summed E-state index contributed by atoms with van der Waals surface area (Å²) in [7, 11) is 1.40. The number of hydrogen-bond acceptors (Lipinski definition) is 7. The molecule has 1 aliphatic rings. The quantitative estimate of drug-likeness (QED) is 0.427. The summed E-state index contributed by atoms with van der Waals surface area (Å²) in [5.41, 5.74) is -4.73. The second kappa shape index (κ2) is 9.79. The predicted octanol–water partition coefficient (Wildman–Crippen LogP) is 4.94. The van der Waals surface area contributed by atoms with Crippen molar-refractivity contribution in [3.8, 4) is 5.75 Å². The first-order valence-corrected chi connectivity index (χ1v) is 10.8. The SMILES string of the molecule is CN(C(=O)C1(NC(=O)Oc2cncnc2)CC1)c1ccc(Nc2ccc(C(F)(F)F)cc2C(F)(F)F)cn1. The van der Waals surface area contributed by atoms with E-state index in [0.717, 1.165) is 11.1 Å². The van der Waals surface area contributed by atoms with Crippen molar-refractivity contribution in [1.82, 2.24) is 20.3 Å². The summed E-state index contributed by atoms with van der Waals surface area (Å²) in [6.45, 7) is 0. The third-order valence-electron chi connectivity index (χ3n) is 5.58. The zero-order valence-corrected chi connectivity index (χ0v) is 19.4. The molecule has 3 aromatic rings. The summed E-state index contributed by atoms with van der Waals surface area (Å²) in [4.78, 5) is 37.8. The summed E-state index contributed by atoms with van der Waals surface area (Å²) >= 11 is 0. The number of nitrogens with zero attached hydrogens (tertiary/aromatic N) is 4. The molecule has 1 saturated carbocycles. The third-order valence-corrected chi connectivity index (χ3v) is 5.58. The van der Waals surface area contributed by atoms with Gasteiger partial charge in [0.15, 0.2) is 5.75 Å². The van der Waals surface area contributed by atoms with Gasteiger partial charge in [-0.15, -0.1) is 0 Å². The van der Waals surface area contributed by atoms with Gasteiger partial charge in [0, 0.05) is 7.05 Å². The van der Waals surface area contributed by atoms with Crippen LogP contribution < -0.4 is 20.3 Å². The Hall–Kier alpha value is -4.43. The zero-order valence-electron chi connectivity index (χ0n) is 19.4. The van der Waals surface area contributed by atoms with E-state index in [1.807, 2.05) is 0 Å². The van der Waals surface area contributed by atoms with Gasteiger partial charge in [-0.2, -0.15) is 26.3 Å². The number of halogens is 6. The highest BCUT2D eigenvalue weighted by Gasteiger charge is 2.53. The molecule has 2 aromatic heterocycles. The van der Waals surface area contributed by atoms with Crippen LogP contribution in [0.5, 0.6) is 5.75 Å². The molecule has 38 heavy (non-hydrogen) atoms. The number of hydrogen-bond donors (Lipinski definition) is 2. The molecule has 0 aliphatic heterocycles. The molecule has 200 valence electrons. The minimum Gasteiger partial charge on any atom is -0.407 e. The van der Waals surface area contributed by atoms with Crippen molar-refractivity contribution in [3.05, 3.63) is 66.4 Å². The standard InChI is InChI=1S/C23H18F6N6O3/c1-35(19(36)21(6-7-21)34-20(37)38-15-10-30-12-31-11-15)18-5-3-14(9-32-18)33-17-4-2-13(22(24,25)26)8-16(17)23(27,28)29/h2-5,8-12,33H,6-7H2,1H3,(H,34,37). The molecule has 15 heteroatoms. The minimum atomic E-state index is -5.05. The fourth-order valence-electron chi connectivity index (χ4n) is 3.49. The van der Waals surface area contributed by atoms with Crippen LogP contribution in [0.2, 0.25) is 0 Å². The topological polar surface area (TPSA) is 109 Å². The van der Waals surface area contributed by atoms with Crippen molar-refractivity contribution >= 4 is 29.2 Å². The van der Waals surface area contributed by atoms with Gasteiger partial charge in [-0.05, 0) is 43.2 Å². The van der Waals surface area contributed by atoms with Gasteiger partial charge in [-0.25, -0.2) is 19.7 Å². The Labute approximate surface area is 210 Å². The van der Waals surface area contributed by atoms with Crippen LogP contribution in [-0.2, 0) is 17.1 Å². The van der Waals surface area contributed by atoms with Gasteiger partial charge in [0.2, 0.25) is 0 Å². The number of ether oxygens (including phenoxy) is 1. The average Bonchev–Trinajstić information content (AvgIpc) is 3.63. The molecule has 9 nitrogen and oxygen atoms in total. The van der Waals surface area contributed by atoms with Gasteiger partial charge in [0.25, 0.3) is 5.91 Å². The van der Waals surface area contributed by atoms with Gasteiger partial charge in [-0.1, -0.05) is 0 Å². The van der Waals surface area contributed by atoms with E-state index in [0.29, 0.717) is 25.0 Å². The minimum absolute atomic E-state index is 0.0223. The monoisotopic (exact) mass is 540 g/mol. The van der Waals surface area contributed by atoms with E-state index in [4.69, 9.17) is 4.74 Å². The zero-order chi connectivity index (χ0) is 27.7. The van der Waals surface area contributed by atoms with Crippen molar-refractivity contribution in [1.29, 1.82) is 0 Å². The van der Waals surface area contributed by atoms with Gasteiger partial charge < -0.3 is 15.4 Å². The molecule has 4 rings (SSSR count). The number of benzene rings is 1. The van der Waals surface area contributed by atoms with E-state index in [9.17, 15) is 35.9 Å². The molecule has 0 unspecified atom stereocenters. The van der Waals surface area contributed by atoms with Crippen LogP contribution in [0, 0.1) is 0 Å². The molecule has 0 saturated heterocycles. The lowest BCUT2D eigenvalue weighted by atomic mass is 10.1. The number of alkyl halides is 6. The number of likely N-dealkylation sites (N-methyl/N-ethyl adjacent to an activating group) is 1. The number of anilines is 3. The summed E-state index contributed by atoms with van der Waals surface area (Å²) in [6.07, 6.45) is -5.31. The Morgan fingerprint density at radius 3 is 2.21 bits per heavy atom. The number of aromatic nitrogens is 3. The molecular formula is C23H18F6N6O3. The van der Waals surface area contributed by atoms with Crippen LogP contribution in [0.3, 0.4) is 0 Å². The number of amides is 2. The van der Waals surface area contributed by atoms with Gasteiger partial charge in [0.05, 0.1) is 41.1 Å². The highest BCUT2D eigenvalue weighted by molar-refractivity contribution is 6.03. The lowest BCUT2D eigenvalue weighted by Gasteiger charge is -2.23. The molecule has 0 atom stereocenters. The Morgan fingerprint density at radius 2 is 1.66 bits per heavy atom. The highest BCUT2D eigenvalue weighted by Crippen LogP contribution is 2.41. The maximum absolute atomic E-state index is 13.4. The van der Waals surface area contributed by atoms with Crippen LogP contribution in [0.25, 0.3) is 0 Å². The largest absolute Gasteiger partial charge is 0.418 e. The average molecular weight is 540 g/mol. The highest BCUT2D eigenvalue weighted by atomic mass is 19.4. The fraction of sp³-hybridized carbons (Fsp3) is 0.261. The van der Waals surface area contributed by atoms with Crippen LogP contribution in [0.4, 0.5) is 48.3 Å². The van der Waals surface area contributed by atoms with Crippen molar-refractivity contribution in [2.45, 2.75) is 30.7 Å². The number of carbonyl (C=O) groups is 2. The Morgan fingerprint density at radius 1 is 0.974 bits per heavy atom. The Balaban J connectivity index is 1.45. The van der Waals surface area contributed by atoms with E-state index < -0.39 is 46.7 Å². The predicted molar refractivity (Wildman–Crippen MR) is 121 cm³/mol. The number of carbonyl (C=O) groups excluding carboxylic acids is 2. The lowest BCUT2D eigenvalue weighted by molar-refractivity contribution is -0.142. The first-order chi connectivity index (χ1) is 17.8. The van der Waals surface area contributed by atoms with Crippen LogP contribution in [0.15, 0.2) is 55.2 Å². The summed E-state index contributed by atoms with van der Waals surface area (Å²) in [5.74, 6) is -0.316. The van der Waals surface area contributed by atoms with Crippen molar-refractivity contribution in [3.63, 3.8) is 0 Å². The normalized spacial score (nSPS) is 14.4. The molecule has 1 aromatic carbocycles.